The zero-order valence-electron chi connectivity index (χ0n) is 19.0. The predicted molar refractivity (Wildman–Crippen MR) is 136 cm³/mol. The fourth-order valence-corrected chi connectivity index (χ4v) is 3.94. The maximum absolute atomic E-state index is 12.6. The van der Waals surface area contributed by atoms with Crippen LogP contribution >= 0.6 is 11.3 Å². The fraction of sp³-hybridized carbons (Fsp3) is 0.120. The third kappa shape index (κ3) is 6.33. The third-order valence-corrected chi connectivity index (χ3v) is 5.83. The molecule has 4 N–H and O–H groups in total. The number of rotatable bonds is 7. The lowest BCUT2D eigenvalue weighted by atomic mass is 10.1. The SMILES string of the molecule is Cc1ccc(NC(=O)Nc2ccccc2)cc1NC(=O)Cc1csc(NC(=O)c2ccoc2C)n1. The number of hydrogen-bond donors (Lipinski definition) is 4. The minimum Gasteiger partial charge on any atom is -0.469 e. The molecule has 178 valence electrons. The van der Waals surface area contributed by atoms with Crippen LogP contribution in [0.4, 0.5) is 27.0 Å². The van der Waals surface area contributed by atoms with Crippen LogP contribution in [0.15, 0.2) is 70.7 Å². The minimum atomic E-state index is -0.389. The van der Waals surface area contributed by atoms with Crippen LogP contribution in [-0.4, -0.2) is 22.8 Å². The summed E-state index contributed by atoms with van der Waals surface area (Å²) in [5, 5.41) is 13.2. The normalized spacial score (nSPS) is 10.5. The van der Waals surface area contributed by atoms with E-state index in [2.05, 4.69) is 26.3 Å². The second-order valence-corrected chi connectivity index (χ2v) is 8.55. The van der Waals surface area contributed by atoms with Gasteiger partial charge in [0, 0.05) is 22.4 Å². The Balaban J connectivity index is 1.34. The van der Waals surface area contributed by atoms with Gasteiger partial charge in [-0.15, -0.1) is 11.3 Å². The van der Waals surface area contributed by atoms with Crippen molar-refractivity contribution in [3.8, 4) is 0 Å². The zero-order chi connectivity index (χ0) is 24.8. The van der Waals surface area contributed by atoms with Gasteiger partial charge >= 0.3 is 6.03 Å². The van der Waals surface area contributed by atoms with E-state index >= 15 is 0 Å². The van der Waals surface area contributed by atoms with Crippen LogP contribution in [0.1, 0.15) is 27.4 Å². The van der Waals surface area contributed by atoms with Crippen molar-refractivity contribution in [3.05, 3.63) is 88.8 Å². The Morgan fingerprint density at radius 3 is 2.43 bits per heavy atom. The van der Waals surface area contributed by atoms with Crippen LogP contribution in [0.2, 0.25) is 0 Å². The van der Waals surface area contributed by atoms with Crippen LogP contribution in [0.5, 0.6) is 0 Å². The molecule has 2 aromatic heterocycles. The quantitative estimate of drug-likeness (QED) is 0.275. The van der Waals surface area contributed by atoms with E-state index in [1.54, 1.807) is 42.6 Å². The molecular formula is C25H23N5O4S. The molecule has 0 unspecified atom stereocenters. The van der Waals surface area contributed by atoms with E-state index in [1.165, 1.54) is 17.6 Å². The molecule has 0 atom stereocenters. The van der Waals surface area contributed by atoms with E-state index in [-0.39, 0.29) is 24.3 Å². The lowest BCUT2D eigenvalue weighted by Gasteiger charge is -2.12. The van der Waals surface area contributed by atoms with Crippen LogP contribution in [0.3, 0.4) is 0 Å². The largest absolute Gasteiger partial charge is 0.469 e. The van der Waals surface area contributed by atoms with Crippen molar-refractivity contribution in [2.75, 3.05) is 21.3 Å². The summed E-state index contributed by atoms with van der Waals surface area (Å²) in [6.07, 6.45) is 1.48. The van der Waals surface area contributed by atoms with Gasteiger partial charge in [0.2, 0.25) is 5.91 Å². The highest BCUT2D eigenvalue weighted by atomic mass is 32.1. The Hall–Kier alpha value is -4.44. The van der Waals surface area contributed by atoms with Crippen molar-refractivity contribution in [2.45, 2.75) is 20.3 Å². The lowest BCUT2D eigenvalue weighted by molar-refractivity contribution is -0.115. The maximum Gasteiger partial charge on any atom is 0.323 e. The summed E-state index contributed by atoms with van der Waals surface area (Å²) in [7, 11) is 0. The van der Waals surface area contributed by atoms with Gasteiger partial charge in [-0.25, -0.2) is 9.78 Å². The van der Waals surface area contributed by atoms with E-state index in [0.717, 1.165) is 5.56 Å². The molecule has 4 amide bonds. The van der Waals surface area contributed by atoms with Gasteiger partial charge in [0.1, 0.15) is 5.76 Å². The highest BCUT2D eigenvalue weighted by molar-refractivity contribution is 7.14. The Kier molecular flexibility index (Phi) is 7.22. The molecule has 0 saturated carbocycles. The Labute approximate surface area is 205 Å². The van der Waals surface area contributed by atoms with Crippen molar-refractivity contribution in [2.24, 2.45) is 0 Å². The van der Waals surface area contributed by atoms with Crippen LogP contribution in [0.25, 0.3) is 0 Å². The number of urea groups is 1. The highest BCUT2D eigenvalue weighted by Gasteiger charge is 2.15. The molecule has 0 bridgehead atoms. The Bertz CT molecular complexity index is 1360. The minimum absolute atomic E-state index is 0.0305. The van der Waals surface area contributed by atoms with Crippen LogP contribution in [0, 0.1) is 13.8 Å². The van der Waals surface area contributed by atoms with Crippen molar-refractivity contribution in [1.82, 2.24) is 4.98 Å². The summed E-state index contributed by atoms with van der Waals surface area (Å²) in [5.74, 6) is -0.0750. The second-order valence-electron chi connectivity index (χ2n) is 7.69. The number of amides is 4. The van der Waals surface area contributed by atoms with Gasteiger partial charge in [0.25, 0.3) is 5.91 Å². The second kappa shape index (κ2) is 10.7. The van der Waals surface area contributed by atoms with Crippen molar-refractivity contribution in [3.63, 3.8) is 0 Å². The smallest absolute Gasteiger partial charge is 0.323 e. The summed E-state index contributed by atoms with van der Waals surface area (Å²) in [6, 6.07) is 15.5. The van der Waals surface area contributed by atoms with Crippen molar-refractivity contribution in [1.29, 1.82) is 0 Å². The summed E-state index contributed by atoms with van der Waals surface area (Å²) in [6.45, 7) is 3.56. The first kappa shape index (κ1) is 23.7. The molecule has 0 fully saturated rings. The number of carbonyl (C=O) groups is 3. The van der Waals surface area contributed by atoms with Crippen molar-refractivity contribution >= 4 is 51.4 Å². The van der Waals surface area contributed by atoms with Gasteiger partial charge in [-0.1, -0.05) is 24.3 Å². The topological polar surface area (TPSA) is 125 Å². The molecule has 0 saturated heterocycles. The molecule has 2 heterocycles. The summed E-state index contributed by atoms with van der Waals surface area (Å²) in [5.41, 5.74) is 3.58. The molecule has 0 radical (unpaired) electrons. The number of aromatic nitrogens is 1. The number of aryl methyl sites for hydroxylation is 2. The third-order valence-electron chi connectivity index (χ3n) is 5.02. The van der Waals surface area contributed by atoms with E-state index in [9.17, 15) is 14.4 Å². The standard InChI is InChI=1S/C25H23N5O4S/c1-15-8-9-18(27-24(33)26-17-6-4-3-5-7-17)12-21(15)29-22(31)13-19-14-35-25(28-19)30-23(32)20-10-11-34-16(20)2/h3-12,14H,13H2,1-2H3,(H,29,31)(H2,26,27,33)(H,28,30,32). The van der Waals surface area contributed by atoms with E-state index in [1.807, 2.05) is 31.2 Å². The number of anilines is 4. The first-order valence-electron chi connectivity index (χ1n) is 10.7. The number of thiazole rings is 1. The maximum atomic E-state index is 12.6. The first-order valence-corrected chi connectivity index (χ1v) is 11.6. The Morgan fingerprint density at radius 2 is 1.69 bits per heavy atom. The van der Waals surface area contributed by atoms with Gasteiger partial charge in [-0.2, -0.15) is 0 Å². The monoisotopic (exact) mass is 489 g/mol. The lowest BCUT2D eigenvalue weighted by Crippen LogP contribution is -2.20. The van der Waals surface area contributed by atoms with Crippen molar-refractivity contribution < 1.29 is 18.8 Å². The molecule has 10 heteroatoms. The van der Waals surface area contributed by atoms with Gasteiger partial charge in [0.05, 0.1) is 23.9 Å². The van der Waals surface area contributed by atoms with Gasteiger partial charge in [-0.3, -0.25) is 14.9 Å². The fourth-order valence-electron chi connectivity index (χ4n) is 3.24. The summed E-state index contributed by atoms with van der Waals surface area (Å²) >= 11 is 1.23. The number of hydrogen-bond acceptors (Lipinski definition) is 6. The highest BCUT2D eigenvalue weighted by Crippen LogP contribution is 2.22. The molecule has 0 aliphatic heterocycles. The molecular weight excluding hydrogens is 466 g/mol. The summed E-state index contributed by atoms with van der Waals surface area (Å²) in [4.78, 5) is 41.5. The zero-order valence-corrected chi connectivity index (χ0v) is 19.9. The molecule has 0 aliphatic carbocycles. The molecule has 2 aromatic carbocycles. The van der Waals surface area contributed by atoms with Crippen LogP contribution < -0.4 is 21.3 Å². The Morgan fingerprint density at radius 1 is 0.914 bits per heavy atom. The number of furan rings is 1. The number of carbonyl (C=O) groups excluding carboxylic acids is 3. The van der Waals surface area contributed by atoms with Gasteiger partial charge in [0.15, 0.2) is 5.13 Å². The number of benzene rings is 2. The first-order chi connectivity index (χ1) is 16.9. The molecule has 4 rings (SSSR count). The number of para-hydroxylation sites is 1. The molecule has 0 spiro atoms. The molecule has 0 aliphatic rings. The molecule has 35 heavy (non-hydrogen) atoms. The molecule has 4 aromatic rings. The van der Waals surface area contributed by atoms with Gasteiger partial charge in [-0.05, 0) is 49.7 Å². The van der Waals surface area contributed by atoms with Crippen LogP contribution in [-0.2, 0) is 11.2 Å². The van der Waals surface area contributed by atoms with Gasteiger partial charge < -0.3 is 20.4 Å². The number of nitrogens with zero attached hydrogens (tertiary/aromatic N) is 1. The average Bonchev–Trinajstić information content (AvgIpc) is 3.45. The average molecular weight is 490 g/mol. The summed E-state index contributed by atoms with van der Waals surface area (Å²) < 4.78 is 5.15. The number of nitrogens with one attached hydrogen (secondary N) is 4. The van der Waals surface area contributed by atoms with E-state index < -0.39 is 0 Å². The molecule has 9 nitrogen and oxygen atoms in total. The van der Waals surface area contributed by atoms with E-state index in [0.29, 0.717) is 39.2 Å². The van der Waals surface area contributed by atoms with E-state index in [4.69, 9.17) is 4.42 Å². The predicted octanol–water partition coefficient (Wildman–Crippen LogP) is 5.43.